The maximum absolute atomic E-state index is 4.30. The molecule has 4 nitrogen and oxygen atoms in total. The van der Waals surface area contributed by atoms with Gasteiger partial charge in [0, 0.05) is 24.8 Å². The van der Waals surface area contributed by atoms with Crippen molar-refractivity contribution in [3.05, 3.63) is 53.9 Å². The molecule has 2 aromatic rings. The maximum atomic E-state index is 4.30. The Morgan fingerprint density at radius 1 is 1.12 bits per heavy atom. The Bertz CT molecular complexity index is 456. The number of aromatic nitrogens is 3. The summed E-state index contributed by atoms with van der Waals surface area (Å²) < 4.78 is 0. The van der Waals surface area contributed by atoms with Crippen molar-refractivity contribution in [2.24, 2.45) is 0 Å². The van der Waals surface area contributed by atoms with E-state index in [1.807, 2.05) is 26.4 Å². The Labute approximate surface area is 94.8 Å². The zero-order valence-corrected chi connectivity index (χ0v) is 9.38. The first-order valence-electron chi connectivity index (χ1n) is 5.16. The first-order chi connectivity index (χ1) is 7.81. The fourth-order valence-corrected chi connectivity index (χ4v) is 1.68. The smallest absolute Gasteiger partial charge is 0.0801 e. The van der Waals surface area contributed by atoms with Crippen molar-refractivity contribution < 1.29 is 0 Å². The second kappa shape index (κ2) is 4.81. The summed E-state index contributed by atoms with van der Waals surface area (Å²) >= 11 is 0. The Morgan fingerprint density at radius 2 is 2.00 bits per heavy atom. The maximum Gasteiger partial charge on any atom is 0.0801 e. The first kappa shape index (κ1) is 10.7. The van der Waals surface area contributed by atoms with Crippen LogP contribution in [0.1, 0.15) is 22.9 Å². The van der Waals surface area contributed by atoms with Crippen molar-refractivity contribution in [3.8, 4) is 0 Å². The molecule has 1 N–H and O–H groups in total. The Hall–Kier alpha value is -1.81. The summed E-state index contributed by atoms with van der Waals surface area (Å²) in [7, 11) is 1.90. The van der Waals surface area contributed by atoms with E-state index in [1.165, 1.54) is 0 Å². The topological polar surface area (TPSA) is 50.7 Å². The molecule has 2 rings (SSSR count). The highest BCUT2D eigenvalue weighted by molar-refractivity contribution is 5.26. The highest BCUT2D eigenvalue weighted by Gasteiger charge is 2.13. The third-order valence-corrected chi connectivity index (χ3v) is 2.40. The van der Waals surface area contributed by atoms with Crippen molar-refractivity contribution in [2.75, 3.05) is 7.05 Å². The zero-order chi connectivity index (χ0) is 11.4. The fourth-order valence-electron chi connectivity index (χ4n) is 1.68. The number of aryl methyl sites for hydroxylation is 1. The van der Waals surface area contributed by atoms with Gasteiger partial charge in [-0.1, -0.05) is 6.07 Å². The SMILES string of the molecule is CNC(c1cncc(C)c1)c1cnccn1. The van der Waals surface area contributed by atoms with Crippen LogP contribution < -0.4 is 5.32 Å². The van der Waals surface area contributed by atoms with Gasteiger partial charge < -0.3 is 5.32 Å². The molecule has 2 heterocycles. The molecule has 16 heavy (non-hydrogen) atoms. The van der Waals surface area contributed by atoms with Gasteiger partial charge in [0.15, 0.2) is 0 Å². The quantitative estimate of drug-likeness (QED) is 0.841. The average molecular weight is 214 g/mol. The van der Waals surface area contributed by atoms with E-state index in [0.717, 1.165) is 16.8 Å². The molecule has 0 spiro atoms. The summed E-state index contributed by atoms with van der Waals surface area (Å²) in [6.45, 7) is 2.03. The van der Waals surface area contributed by atoms with Gasteiger partial charge in [-0.05, 0) is 25.1 Å². The molecule has 0 amide bonds. The van der Waals surface area contributed by atoms with E-state index in [9.17, 15) is 0 Å². The molecule has 0 radical (unpaired) electrons. The zero-order valence-electron chi connectivity index (χ0n) is 9.38. The number of nitrogens with one attached hydrogen (secondary N) is 1. The molecule has 0 saturated carbocycles. The summed E-state index contributed by atoms with van der Waals surface area (Å²) in [4.78, 5) is 12.6. The van der Waals surface area contributed by atoms with Crippen LogP contribution in [0.15, 0.2) is 37.1 Å². The summed E-state index contributed by atoms with van der Waals surface area (Å²) in [6, 6.07) is 2.14. The third kappa shape index (κ3) is 2.23. The first-order valence-corrected chi connectivity index (χ1v) is 5.16. The lowest BCUT2D eigenvalue weighted by molar-refractivity contribution is 0.663. The average Bonchev–Trinajstić information content (AvgIpc) is 2.31. The van der Waals surface area contributed by atoms with Gasteiger partial charge in [-0.3, -0.25) is 15.0 Å². The molecule has 0 aromatic carbocycles. The largest absolute Gasteiger partial charge is 0.308 e. The van der Waals surface area contributed by atoms with Crippen LogP contribution in [0.5, 0.6) is 0 Å². The van der Waals surface area contributed by atoms with Gasteiger partial charge >= 0.3 is 0 Å². The Morgan fingerprint density at radius 3 is 2.62 bits per heavy atom. The van der Waals surface area contributed by atoms with E-state index in [2.05, 4.69) is 26.3 Å². The molecule has 0 saturated heterocycles. The lowest BCUT2D eigenvalue weighted by Crippen LogP contribution is -2.19. The van der Waals surface area contributed by atoms with E-state index in [4.69, 9.17) is 0 Å². The minimum Gasteiger partial charge on any atom is -0.308 e. The van der Waals surface area contributed by atoms with Gasteiger partial charge in [-0.2, -0.15) is 0 Å². The number of pyridine rings is 1. The van der Waals surface area contributed by atoms with Crippen molar-refractivity contribution in [3.63, 3.8) is 0 Å². The van der Waals surface area contributed by atoms with Crippen molar-refractivity contribution in [1.29, 1.82) is 0 Å². The fraction of sp³-hybridized carbons (Fsp3) is 0.250. The second-order valence-electron chi connectivity index (χ2n) is 3.65. The predicted octanol–water partition coefficient (Wildman–Crippen LogP) is 1.49. The molecule has 0 aliphatic rings. The molecule has 0 aliphatic heterocycles. The molecule has 0 fully saturated rings. The normalized spacial score (nSPS) is 12.4. The van der Waals surface area contributed by atoms with Gasteiger partial charge in [0.1, 0.15) is 0 Å². The van der Waals surface area contributed by atoms with Crippen LogP contribution in [-0.2, 0) is 0 Å². The van der Waals surface area contributed by atoms with Crippen LogP contribution in [0.25, 0.3) is 0 Å². The van der Waals surface area contributed by atoms with Crippen LogP contribution in [-0.4, -0.2) is 22.0 Å². The van der Waals surface area contributed by atoms with Crippen molar-refractivity contribution >= 4 is 0 Å². The number of rotatable bonds is 3. The lowest BCUT2D eigenvalue weighted by Gasteiger charge is -2.15. The van der Waals surface area contributed by atoms with Crippen molar-refractivity contribution in [2.45, 2.75) is 13.0 Å². The molecule has 4 heteroatoms. The van der Waals surface area contributed by atoms with Crippen LogP contribution >= 0.6 is 0 Å². The molecule has 0 bridgehead atoms. The van der Waals surface area contributed by atoms with Crippen LogP contribution in [0.2, 0.25) is 0 Å². The molecular weight excluding hydrogens is 200 g/mol. The number of hydrogen-bond donors (Lipinski definition) is 1. The highest BCUT2D eigenvalue weighted by atomic mass is 14.9. The summed E-state index contributed by atoms with van der Waals surface area (Å²) in [6.07, 6.45) is 8.83. The molecule has 82 valence electrons. The summed E-state index contributed by atoms with van der Waals surface area (Å²) in [5, 5.41) is 3.22. The van der Waals surface area contributed by atoms with E-state index < -0.39 is 0 Å². The van der Waals surface area contributed by atoms with Gasteiger partial charge in [-0.15, -0.1) is 0 Å². The van der Waals surface area contributed by atoms with Crippen LogP contribution in [0.4, 0.5) is 0 Å². The van der Waals surface area contributed by atoms with Crippen LogP contribution in [0, 0.1) is 6.92 Å². The monoisotopic (exact) mass is 214 g/mol. The molecule has 2 aromatic heterocycles. The standard InChI is InChI=1S/C12H14N4/c1-9-5-10(7-15-6-9)12(13-2)11-8-14-3-4-16-11/h3-8,12-13H,1-2H3. The number of nitrogens with zero attached hydrogens (tertiary/aromatic N) is 3. The minimum atomic E-state index is 0.0427. The predicted molar refractivity (Wildman–Crippen MR) is 61.9 cm³/mol. The van der Waals surface area contributed by atoms with E-state index in [0.29, 0.717) is 0 Å². The Balaban J connectivity index is 2.37. The van der Waals surface area contributed by atoms with E-state index in [-0.39, 0.29) is 6.04 Å². The molecule has 1 unspecified atom stereocenters. The van der Waals surface area contributed by atoms with E-state index in [1.54, 1.807) is 18.6 Å². The van der Waals surface area contributed by atoms with Gasteiger partial charge in [0.25, 0.3) is 0 Å². The molecule has 1 atom stereocenters. The molecule has 0 aliphatic carbocycles. The van der Waals surface area contributed by atoms with Gasteiger partial charge in [0.2, 0.25) is 0 Å². The summed E-state index contributed by atoms with van der Waals surface area (Å²) in [5.41, 5.74) is 3.14. The third-order valence-electron chi connectivity index (χ3n) is 2.40. The van der Waals surface area contributed by atoms with E-state index >= 15 is 0 Å². The number of hydrogen-bond acceptors (Lipinski definition) is 4. The van der Waals surface area contributed by atoms with Crippen LogP contribution in [0.3, 0.4) is 0 Å². The summed E-state index contributed by atoms with van der Waals surface area (Å²) in [5.74, 6) is 0. The van der Waals surface area contributed by atoms with Gasteiger partial charge in [0.05, 0.1) is 17.9 Å². The second-order valence-corrected chi connectivity index (χ2v) is 3.65. The highest BCUT2D eigenvalue weighted by Crippen LogP contribution is 2.18. The Kier molecular flexibility index (Phi) is 3.22. The van der Waals surface area contributed by atoms with Gasteiger partial charge in [-0.25, -0.2) is 0 Å². The van der Waals surface area contributed by atoms with Crippen molar-refractivity contribution in [1.82, 2.24) is 20.3 Å². The lowest BCUT2D eigenvalue weighted by atomic mass is 10.1. The molecular formula is C12H14N4. The minimum absolute atomic E-state index is 0.0427.